The Kier molecular flexibility index (Phi) is 2.08. The summed E-state index contributed by atoms with van der Waals surface area (Å²) >= 11 is 0. The number of dihydropyridines is 1. The summed E-state index contributed by atoms with van der Waals surface area (Å²) in [6.45, 7) is 0.918. The molecule has 5 rings (SSSR count). The predicted molar refractivity (Wildman–Crippen MR) is 78.7 cm³/mol. The topological polar surface area (TPSA) is 70.9 Å². The standard InChI is InChI=1S/C15H14N6/c1-4-16-5-2-9(1)10-7-11(10)15-20-19-13-8-18-14-12(21(13)15)3-6-17-14/h1-4,6,8,10-11,16-17H,5,7H2. The van der Waals surface area contributed by atoms with Gasteiger partial charge in [0.05, 0.1) is 11.7 Å². The Bertz CT molecular complexity index is 899. The van der Waals surface area contributed by atoms with Crippen LogP contribution in [-0.4, -0.2) is 31.1 Å². The fourth-order valence-electron chi connectivity index (χ4n) is 3.23. The van der Waals surface area contributed by atoms with Gasteiger partial charge in [0, 0.05) is 18.7 Å². The first-order valence-corrected chi connectivity index (χ1v) is 7.19. The number of H-pyrrole nitrogens is 1. The molecule has 6 nitrogen and oxygen atoms in total. The molecule has 0 amide bonds. The van der Waals surface area contributed by atoms with E-state index in [1.54, 1.807) is 6.20 Å². The lowest BCUT2D eigenvalue weighted by atomic mass is 10.1. The van der Waals surface area contributed by atoms with Gasteiger partial charge < -0.3 is 10.3 Å². The molecule has 21 heavy (non-hydrogen) atoms. The minimum absolute atomic E-state index is 0.453. The van der Waals surface area contributed by atoms with Crippen molar-refractivity contribution in [3.63, 3.8) is 0 Å². The minimum Gasteiger partial charge on any atom is -0.387 e. The van der Waals surface area contributed by atoms with Gasteiger partial charge in [0.1, 0.15) is 5.82 Å². The van der Waals surface area contributed by atoms with Crippen LogP contribution in [0.25, 0.3) is 16.8 Å². The molecule has 1 saturated carbocycles. The molecule has 0 radical (unpaired) electrons. The Morgan fingerprint density at radius 3 is 3.14 bits per heavy atom. The normalized spacial score (nSPS) is 24.3. The number of fused-ring (bicyclic) bond motifs is 3. The molecule has 2 N–H and O–H groups in total. The van der Waals surface area contributed by atoms with Gasteiger partial charge in [0.2, 0.25) is 0 Å². The van der Waals surface area contributed by atoms with Gasteiger partial charge >= 0.3 is 0 Å². The molecule has 1 aliphatic carbocycles. The number of hydrogen-bond acceptors (Lipinski definition) is 4. The van der Waals surface area contributed by atoms with E-state index in [1.165, 1.54) is 5.57 Å². The largest absolute Gasteiger partial charge is 0.387 e. The molecule has 2 atom stereocenters. The van der Waals surface area contributed by atoms with Crippen LogP contribution in [0.5, 0.6) is 0 Å². The Hall–Kier alpha value is -2.63. The molecule has 0 aromatic carbocycles. The molecule has 3 aromatic rings. The SMILES string of the molecule is C1=CC(C2CC2c2nnc3cnc4[nH]ccc4n23)=CCN1. The van der Waals surface area contributed by atoms with Gasteiger partial charge in [-0.2, -0.15) is 0 Å². The summed E-state index contributed by atoms with van der Waals surface area (Å²) in [7, 11) is 0. The van der Waals surface area contributed by atoms with E-state index in [2.05, 4.69) is 42.0 Å². The van der Waals surface area contributed by atoms with Crippen LogP contribution in [-0.2, 0) is 0 Å². The van der Waals surface area contributed by atoms with E-state index in [9.17, 15) is 0 Å². The molecule has 1 aliphatic heterocycles. The zero-order valence-electron chi connectivity index (χ0n) is 11.3. The van der Waals surface area contributed by atoms with Crippen molar-refractivity contribution in [3.8, 4) is 0 Å². The van der Waals surface area contributed by atoms with Crippen molar-refractivity contribution in [1.82, 2.24) is 29.9 Å². The van der Waals surface area contributed by atoms with E-state index in [4.69, 9.17) is 0 Å². The van der Waals surface area contributed by atoms with Gasteiger partial charge in [0.15, 0.2) is 11.3 Å². The maximum absolute atomic E-state index is 4.42. The number of aromatic amines is 1. The predicted octanol–water partition coefficient (Wildman–Crippen LogP) is 1.75. The number of rotatable bonds is 2. The first-order chi connectivity index (χ1) is 10.4. The second kappa shape index (κ2) is 3.94. The molecule has 2 aliphatic rings. The van der Waals surface area contributed by atoms with E-state index in [1.807, 2.05) is 18.5 Å². The lowest BCUT2D eigenvalue weighted by Gasteiger charge is -2.07. The Balaban J connectivity index is 1.61. The highest BCUT2D eigenvalue weighted by atomic mass is 15.3. The van der Waals surface area contributed by atoms with Gasteiger partial charge in [-0.1, -0.05) is 6.08 Å². The van der Waals surface area contributed by atoms with Gasteiger partial charge in [-0.05, 0) is 36.3 Å². The summed E-state index contributed by atoms with van der Waals surface area (Å²) in [6.07, 6.45) is 11.3. The highest BCUT2D eigenvalue weighted by molar-refractivity contribution is 5.74. The number of aromatic nitrogens is 5. The van der Waals surface area contributed by atoms with E-state index >= 15 is 0 Å². The zero-order chi connectivity index (χ0) is 13.8. The van der Waals surface area contributed by atoms with E-state index in [-0.39, 0.29) is 0 Å². The summed E-state index contributed by atoms with van der Waals surface area (Å²) in [5, 5.41) is 11.9. The van der Waals surface area contributed by atoms with Gasteiger partial charge in [-0.3, -0.25) is 4.40 Å². The highest BCUT2D eigenvalue weighted by Crippen LogP contribution is 2.51. The Morgan fingerprint density at radius 1 is 1.24 bits per heavy atom. The minimum atomic E-state index is 0.453. The van der Waals surface area contributed by atoms with E-state index in [0.717, 1.165) is 35.6 Å². The molecule has 1 fully saturated rings. The molecular weight excluding hydrogens is 264 g/mol. The number of nitrogens with one attached hydrogen (secondary N) is 2. The molecular formula is C15H14N6. The van der Waals surface area contributed by atoms with Crippen LogP contribution in [0, 0.1) is 5.92 Å². The monoisotopic (exact) mass is 278 g/mol. The van der Waals surface area contributed by atoms with Crippen molar-refractivity contribution in [2.75, 3.05) is 6.54 Å². The van der Waals surface area contributed by atoms with Crippen molar-refractivity contribution in [2.24, 2.45) is 5.92 Å². The van der Waals surface area contributed by atoms with Gasteiger partial charge in [-0.25, -0.2) is 4.98 Å². The molecule has 0 spiro atoms. The van der Waals surface area contributed by atoms with Gasteiger partial charge in [0.25, 0.3) is 0 Å². The molecule has 0 bridgehead atoms. The number of allylic oxidation sites excluding steroid dienone is 2. The summed E-state index contributed by atoms with van der Waals surface area (Å²) in [5.74, 6) is 2.07. The quantitative estimate of drug-likeness (QED) is 0.749. The van der Waals surface area contributed by atoms with Crippen molar-refractivity contribution in [2.45, 2.75) is 12.3 Å². The lowest BCUT2D eigenvalue weighted by molar-refractivity contribution is 0.841. The third kappa shape index (κ3) is 1.55. The fourth-order valence-corrected chi connectivity index (χ4v) is 3.23. The lowest BCUT2D eigenvalue weighted by Crippen LogP contribution is -2.09. The van der Waals surface area contributed by atoms with Crippen molar-refractivity contribution >= 4 is 16.8 Å². The second-order valence-corrected chi connectivity index (χ2v) is 5.62. The molecule has 2 unspecified atom stereocenters. The first kappa shape index (κ1) is 11.1. The smallest absolute Gasteiger partial charge is 0.179 e. The number of nitrogens with zero attached hydrogens (tertiary/aromatic N) is 4. The van der Waals surface area contributed by atoms with Crippen LogP contribution in [0.2, 0.25) is 0 Å². The second-order valence-electron chi connectivity index (χ2n) is 5.62. The van der Waals surface area contributed by atoms with Crippen molar-refractivity contribution < 1.29 is 0 Å². The van der Waals surface area contributed by atoms with E-state index in [0.29, 0.717) is 11.8 Å². The summed E-state index contributed by atoms with van der Waals surface area (Å²) in [4.78, 5) is 7.51. The molecule has 4 heterocycles. The van der Waals surface area contributed by atoms with Crippen LogP contribution in [0.1, 0.15) is 18.2 Å². The average molecular weight is 278 g/mol. The highest BCUT2D eigenvalue weighted by Gasteiger charge is 2.43. The molecule has 104 valence electrons. The first-order valence-electron chi connectivity index (χ1n) is 7.19. The Labute approximate surface area is 120 Å². The summed E-state index contributed by atoms with van der Waals surface area (Å²) in [6, 6.07) is 2.03. The maximum atomic E-state index is 4.42. The third-order valence-corrected chi connectivity index (χ3v) is 4.37. The van der Waals surface area contributed by atoms with Gasteiger partial charge in [-0.15, -0.1) is 10.2 Å². The van der Waals surface area contributed by atoms with E-state index < -0.39 is 0 Å². The molecule has 6 heteroatoms. The Morgan fingerprint density at radius 2 is 2.24 bits per heavy atom. The van der Waals surface area contributed by atoms with Crippen LogP contribution >= 0.6 is 0 Å². The van der Waals surface area contributed by atoms with Crippen LogP contribution in [0.4, 0.5) is 0 Å². The average Bonchev–Trinajstić information content (AvgIpc) is 2.97. The van der Waals surface area contributed by atoms with Crippen LogP contribution in [0.15, 0.2) is 42.4 Å². The van der Waals surface area contributed by atoms with Crippen LogP contribution in [0.3, 0.4) is 0 Å². The maximum Gasteiger partial charge on any atom is 0.179 e. The molecule has 3 aromatic heterocycles. The summed E-state index contributed by atoms with van der Waals surface area (Å²) in [5.41, 5.74) is 4.15. The van der Waals surface area contributed by atoms with Crippen molar-refractivity contribution in [1.29, 1.82) is 0 Å². The van der Waals surface area contributed by atoms with Crippen molar-refractivity contribution in [3.05, 3.63) is 48.2 Å². The molecule has 0 saturated heterocycles. The van der Waals surface area contributed by atoms with Crippen LogP contribution < -0.4 is 5.32 Å². The summed E-state index contributed by atoms with van der Waals surface area (Å²) < 4.78 is 2.13. The number of hydrogen-bond donors (Lipinski definition) is 2. The fraction of sp³-hybridized carbons (Fsp3) is 0.267. The zero-order valence-corrected chi connectivity index (χ0v) is 11.3. The third-order valence-electron chi connectivity index (χ3n) is 4.37.